The molecule has 2 heteroatoms. The van der Waals surface area contributed by atoms with Crippen molar-refractivity contribution in [2.75, 3.05) is 0 Å². The molecular formula is C16H20BrN. The number of hydrogen-bond donors (Lipinski definition) is 0. The van der Waals surface area contributed by atoms with Crippen LogP contribution in [0.15, 0.2) is 24.3 Å². The van der Waals surface area contributed by atoms with Crippen LogP contribution in [0.2, 0.25) is 0 Å². The maximum absolute atomic E-state index is 4.76. The molecule has 2 rings (SSSR count). The van der Waals surface area contributed by atoms with Crippen LogP contribution in [-0.4, -0.2) is 4.98 Å². The number of alkyl halides is 1. The fourth-order valence-electron chi connectivity index (χ4n) is 2.10. The first-order valence-electron chi connectivity index (χ1n) is 6.52. The second-order valence-corrected chi connectivity index (χ2v) is 5.99. The lowest BCUT2D eigenvalue weighted by Gasteiger charge is -2.12. The van der Waals surface area contributed by atoms with E-state index in [0.717, 1.165) is 10.8 Å². The molecule has 0 unspecified atom stereocenters. The van der Waals surface area contributed by atoms with Gasteiger partial charge >= 0.3 is 0 Å². The van der Waals surface area contributed by atoms with Crippen molar-refractivity contribution in [3.63, 3.8) is 0 Å². The van der Waals surface area contributed by atoms with E-state index in [9.17, 15) is 0 Å². The third-order valence-electron chi connectivity index (χ3n) is 3.34. The molecule has 0 spiro atoms. The average Bonchev–Trinajstić information content (AvgIpc) is 2.36. The van der Waals surface area contributed by atoms with E-state index in [1.807, 2.05) is 0 Å². The highest BCUT2D eigenvalue weighted by Gasteiger charge is 2.09. The van der Waals surface area contributed by atoms with Crippen molar-refractivity contribution < 1.29 is 0 Å². The molecule has 0 radical (unpaired) electrons. The second kappa shape index (κ2) is 5.40. The molecule has 0 saturated carbocycles. The number of pyridine rings is 1. The molecule has 0 amide bonds. The molecule has 0 atom stereocenters. The van der Waals surface area contributed by atoms with Crippen molar-refractivity contribution in [2.24, 2.45) is 0 Å². The molecule has 18 heavy (non-hydrogen) atoms. The number of halogens is 1. The first kappa shape index (κ1) is 13.5. The minimum Gasteiger partial charge on any atom is -0.253 e. The van der Waals surface area contributed by atoms with Gasteiger partial charge in [0.1, 0.15) is 0 Å². The van der Waals surface area contributed by atoms with Gasteiger partial charge in [0.25, 0.3) is 0 Å². The lowest BCUT2D eigenvalue weighted by Crippen LogP contribution is -1.97. The Labute approximate surface area is 118 Å². The molecule has 0 aliphatic rings. The monoisotopic (exact) mass is 305 g/mol. The maximum atomic E-state index is 4.76. The highest BCUT2D eigenvalue weighted by Crippen LogP contribution is 2.27. The molecule has 1 aromatic heterocycles. The van der Waals surface area contributed by atoms with E-state index in [1.165, 1.54) is 22.2 Å². The summed E-state index contributed by atoms with van der Waals surface area (Å²) in [7, 11) is 0. The summed E-state index contributed by atoms with van der Waals surface area (Å²) < 4.78 is 0. The number of aromatic nitrogens is 1. The van der Waals surface area contributed by atoms with E-state index in [2.05, 4.69) is 67.9 Å². The quantitative estimate of drug-likeness (QED) is 0.694. The van der Waals surface area contributed by atoms with Gasteiger partial charge in [0, 0.05) is 16.4 Å². The molecule has 1 heterocycles. The van der Waals surface area contributed by atoms with Gasteiger partial charge in [0.05, 0.1) is 5.52 Å². The molecular weight excluding hydrogens is 286 g/mol. The Morgan fingerprint density at radius 2 is 1.78 bits per heavy atom. The number of fused-ring (bicyclic) bond motifs is 1. The third-order valence-corrected chi connectivity index (χ3v) is 3.94. The Balaban J connectivity index is 2.67. The van der Waals surface area contributed by atoms with Crippen LogP contribution in [0.4, 0.5) is 0 Å². The van der Waals surface area contributed by atoms with Crippen LogP contribution in [0.25, 0.3) is 10.9 Å². The van der Waals surface area contributed by atoms with Gasteiger partial charge in [0.2, 0.25) is 0 Å². The molecule has 1 aromatic carbocycles. The zero-order chi connectivity index (χ0) is 13.3. The van der Waals surface area contributed by atoms with E-state index < -0.39 is 0 Å². The molecule has 0 aliphatic heterocycles. The summed E-state index contributed by atoms with van der Waals surface area (Å²) in [6.45, 7) is 8.83. The summed E-state index contributed by atoms with van der Waals surface area (Å²) in [6, 6.07) is 8.87. The van der Waals surface area contributed by atoms with E-state index in [-0.39, 0.29) is 0 Å². The standard InChI is InChI=1S/C16H20BrN/c1-10(2)12-5-6-15-14(7-12)13(9-17)8-16(18-15)11(3)4/h5-8,10-11H,9H2,1-4H3. The van der Waals surface area contributed by atoms with Crippen molar-refractivity contribution >= 4 is 26.8 Å². The molecule has 0 aliphatic carbocycles. The van der Waals surface area contributed by atoms with Crippen molar-refractivity contribution in [3.05, 3.63) is 41.1 Å². The van der Waals surface area contributed by atoms with Crippen molar-refractivity contribution in [1.82, 2.24) is 4.98 Å². The molecule has 2 aromatic rings. The van der Waals surface area contributed by atoms with Gasteiger partial charge in [-0.05, 0) is 41.2 Å². The molecule has 0 fully saturated rings. The summed E-state index contributed by atoms with van der Waals surface area (Å²) in [5, 5.41) is 2.16. The van der Waals surface area contributed by atoms with Crippen molar-refractivity contribution in [1.29, 1.82) is 0 Å². The van der Waals surface area contributed by atoms with Crippen LogP contribution in [0.5, 0.6) is 0 Å². The maximum Gasteiger partial charge on any atom is 0.0708 e. The van der Waals surface area contributed by atoms with Crippen LogP contribution in [-0.2, 0) is 5.33 Å². The van der Waals surface area contributed by atoms with Gasteiger partial charge in [-0.1, -0.05) is 49.7 Å². The Kier molecular flexibility index (Phi) is 4.06. The van der Waals surface area contributed by atoms with Gasteiger partial charge in [-0.3, -0.25) is 4.98 Å². The second-order valence-electron chi connectivity index (χ2n) is 5.43. The van der Waals surface area contributed by atoms with E-state index in [0.29, 0.717) is 11.8 Å². The van der Waals surface area contributed by atoms with E-state index in [4.69, 9.17) is 4.98 Å². The van der Waals surface area contributed by atoms with Crippen LogP contribution in [0.1, 0.15) is 56.4 Å². The number of hydrogen-bond acceptors (Lipinski definition) is 1. The van der Waals surface area contributed by atoms with Gasteiger partial charge in [-0.15, -0.1) is 0 Å². The fraction of sp³-hybridized carbons (Fsp3) is 0.438. The summed E-state index contributed by atoms with van der Waals surface area (Å²) in [5.41, 5.74) is 5.00. The van der Waals surface area contributed by atoms with Crippen molar-refractivity contribution in [2.45, 2.75) is 44.9 Å². The molecule has 0 saturated heterocycles. The highest BCUT2D eigenvalue weighted by molar-refractivity contribution is 9.08. The topological polar surface area (TPSA) is 12.9 Å². The Hall–Kier alpha value is -0.890. The Morgan fingerprint density at radius 3 is 2.33 bits per heavy atom. The summed E-state index contributed by atoms with van der Waals surface area (Å²) >= 11 is 3.60. The number of nitrogens with zero attached hydrogens (tertiary/aromatic N) is 1. The lowest BCUT2D eigenvalue weighted by atomic mass is 9.98. The normalized spacial score (nSPS) is 11.7. The minimum absolute atomic E-state index is 0.469. The van der Waals surface area contributed by atoms with Crippen LogP contribution >= 0.6 is 15.9 Å². The molecule has 1 nitrogen and oxygen atoms in total. The van der Waals surface area contributed by atoms with Crippen LogP contribution in [0.3, 0.4) is 0 Å². The average molecular weight is 306 g/mol. The summed E-state index contributed by atoms with van der Waals surface area (Å²) in [6.07, 6.45) is 0. The summed E-state index contributed by atoms with van der Waals surface area (Å²) in [4.78, 5) is 4.76. The van der Waals surface area contributed by atoms with E-state index >= 15 is 0 Å². The van der Waals surface area contributed by atoms with Crippen LogP contribution < -0.4 is 0 Å². The zero-order valence-corrected chi connectivity index (χ0v) is 13.1. The first-order valence-corrected chi connectivity index (χ1v) is 7.64. The van der Waals surface area contributed by atoms with Gasteiger partial charge in [-0.25, -0.2) is 0 Å². The molecule has 96 valence electrons. The summed E-state index contributed by atoms with van der Waals surface area (Å²) in [5.74, 6) is 1.03. The number of rotatable bonds is 3. The Bertz CT molecular complexity index is 558. The van der Waals surface area contributed by atoms with Crippen LogP contribution in [0, 0.1) is 0 Å². The van der Waals surface area contributed by atoms with Gasteiger partial charge in [0.15, 0.2) is 0 Å². The number of benzene rings is 1. The predicted octanol–water partition coefficient (Wildman–Crippen LogP) is 5.38. The molecule has 0 bridgehead atoms. The largest absolute Gasteiger partial charge is 0.253 e. The van der Waals surface area contributed by atoms with Gasteiger partial charge in [-0.2, -0.15) is 0 Å². The molecule has 0 N–H and O–H groups in total. The van der Waals surface area contributed by atoms with E-state index in [1.54, 1.807) is 0 Å². The Morgan fingerprint density at radius 1 is 1.06 bits per heavy atom. The zero-order valence-electron chi connectivity index (χ0n) is 11.5. The highest BCUT2D eigenvalue weighted by atomic mass is 79.9. The smallest absolute Gasteiger partial charge is 0.0708 e. The minimum atomic E-state index is 0.469. The predicted molar refractivity (Wildman–Crippen MR) is 82.6 cm³/mol. The SMILES string of the molecule is CC(C)c1ccc2nc(C(C)C)cc(CBr)c2c1. The van der Waals surface area contributed by atoms with Crippen molar-refractivity contribution in [3.8, 4) is 0 Å². The fourth-order valence-corrected chi connectivity index (χ4v) is 2.57. The first-order chi connectivity index (χ1) is 8.52. The third kappa shape index (κ3) is 2.59. The lowest BCUT2D eigenvalue weighted by molar-refractivity contribution is 0.827. The van der Waals surface area contributed by atoms with Gasteiger partial charge < -0.3 is 0 Å².